The van der Waals surface area contributed by atoms with Crippen LogP contribution in [-0.4, -0.2) is 50.0 Å². The van der Waals surface area contributed by atoms with Crippen molar-refractivity contribution in [2.24, 2.45) is 17.8 Å². The lowest BCUT2D eigenvalue weighted by Gasteiger charge is -2.31. The molecule has 4 aliphatic rings. The third kappa shape index (κ3) is 2.13. The minimum absolute atomic E-state index is 0.150. The molecule has 0 radical (unpaired) electrons. The highest BCUT2D eigenvalue weighted by Crippen LogP contribution is 2.38. The van der Waals surface area contributed by atoms with Crippen molar-refractivity contribution >= 4 is 11.5 Å². The molecule has 2 fully saturated rings. The molecule has 0 N–H and O–H groups in total. The third-order valence-corrected chi connectivity index (χ3v) is 5.91. The van der Waals surface area contributed by atoms with Crippen molar-refractivity contribution in [2.45, 2.75) is 6.10 Å². The molecule has 1 aromatic rings. The van der Waals surface area contributed by atoms with Crippen LogP contribution in [-0.2, 0) is 0 Å². The molecular formula is C20H22N2O2. The molecule has 0 amide bonds. The van der Waals surface area contributed by atoms with Crippen LogP contribution in [0.4, 0.5) is 5.69 Å². The lowest BCUT2D eigenvalue weighted by molar-refractivity contribution is 0.0807. The van der Waals surface area contributed by atoms with Crippen molar-refractivity contribution in [3.05, 3.63) is 48.1 Å². The minimum Gasteiger partial charge on any atom is -0.484 e. The van der Waals surface area contributed by atoms with Crippen molar-refractivity contribution in [1.29, 1.82) is 0 Å². The van der Waals surface area contributed by atoms with Crippen molar-refractivity contribution in [3.63, 3.8) is 0 Å². The first-order valence-corrected chi connectivity index (χ1v) is 8.82. The summed E-state index contributed by atoms with van der Waals surface area (Å²) in [5.41, 5.74) is 1.90. The van der Waals surface area contributed by atoms with E-state index in [-0.39, 0.29) is 17.8 Å². The van der Waals surface area contributed by atoms with Crippen LogP contribution >= 0.6 is 0 Å². The van der Waals surface area contributed by atoms with Crippen LogP contribution in [0.5, 0.6) is 5.75 Å². The number of hydrogen-bond acceptors (Lipinski definition) is 4. The van der Waals surface area contributed by atoms with Crippen LogP contribution in [0, 0.1) is 17.8 Å². The Morgan fingerprint density at radius 2 is 1.79 bits per heavy atom. The maximum absolute atomic E-state index is 12.9. The predicted octanol–water partition coefficient (Wildman–Crippen LogP) is 2.37. The molecule has 2 saturated heterocycles. The Morgan fingerprint density at radius 3 is 2.58 bits per heavy atom. The molecule has 4 nitrogen and oxygen atoms in total. The number of nitrogens with zero attached hydrogens (tertiary/aromatic N) is 2. The SMILES string of the molecule is [11CH3]N1C[C@@H]2CN(c3ccc4c(c3)C(=O)C3C=CC=CC3O4)C[C@@H]2C1. The van der Waals surface area contributed by atoms with E-state index in [1.165, 1.54) is 13.1 Å². The second-order valence-corrected chi connectivity index (χ2v) is 7.57. The second-order valence-electron chi connectivity index (χ2n) is 7.57. The summed E-state index contributed by atoms with van der Waals surface area (Å²) in [6, 6.07) is 6.13. The molecular weight excluding hydrogens is 299 g/mol. The van der Waals surface area contributed by atoms with Gasteiger partial charge in [-0.1, -0.05) is 18.2 Å². The van der Waals surface area contributed by atoms with Crippen LogP contribution in [0.1, 0.15) is 10.4 Å². The number of carbonyl (C=O) groups excluding carboxylic acids is 1. The van der Waals surface area contributed by atoms with Gasteiger partial charge in [0.2, 0.25) is 0 Å². The van der Waals surface area contributed by atoms with Gasteiger partial charge in [-0.05, 0) is 43.2 Å². The number of benzene rings is 1. The third-order valence-electron chi connectivity index (χ3n) is 5.91. The van der Waals surface area contributed by atoms with Gasteiger partial charge in [0.25, 0.3) is 0 Å². The van der Waals surface area contributed by atoms with Gasteiger partial charge < -0.3 is 14.5 Å². The summed E-state index contributed by atoms with van der Waals surface area (Å²) >= 11 is 0. The first-order valence-electron chi connectivity index (χ1n) is 8.82. The molecule has 4 heteroatoms. The maximum Gasteiger partial charge on any atom is 0.177 e. The number of likely N-dealkylation sites (tertiary alicyclic amines) is 1. The Morgan fingerprint density at radius 1 is 1.04 bits per heavy atom. The average Bonchev–Trinajstić information content (AvgIpc) is 3.12. The average molecular weight is 321 g/mol. The molecule has 5 rings (SSSR count). The van der Waals surface area contributed by atoms with Crippen molar-refractivity contribution in [3.8, 4) is 5.75 Å². The molecule has 124 valence electrons. The molecule has 1 aliphatic carbocycles. The zero-order valence-corrected chi connectivity index (χ0v) is 13.9. The molecule has 0 bridgehead atoms. The number of rotatable bonds is 1. The molecule has 2 unspecified atom stereocenters. The number of carbonyl (C=O) groups is 1. The quantitative estimate of drug-likeness (QED) is 0.795. The van der Waals surface area contributed by atoms with Crippen LogP contribution < -0.4 is 9.64 Å². The van der Waals surface area contributed by atoms with Gasteiger partial charge in [-0.2, -0.15) is 0 Å². The van der Waals surface area contributed by atoms with Crippen LogP contribution in [0.2, 0.25) is 0 Å². The van der Waals surface area contributed by atoms with E-state index in [1.54, 1.807) is 0 Å². The fraction of sp³-hybridized carbons (Fsp3) is 0.450. The number of anilines is 1. The van der Waals surface area contributed by atoms with E-state index in [9.17, 15) is 4.79 Å². The normalized spacial score (nSPS) is 34.0. The Hall–Kier alpha value is -2.07. The molecule has 4 atom stereocenters. The zero-order chi connectivity index (χ0) is 16.3. The van der Waals surface area contributed by atoms with Gasteiger partial charge in [-0.25, -0.2) is 0 Å². The van der Waals surface area contributed by atoms with Crippen molar-refractivity contribution in [2.75, 3.05) is 38.1 Å². The Labute approximate surface area is 142 Å². The summed E-state index contributed by atoms with van der Waals surface area (Å²) in [6.45, 7) is 4.57. The minimum atomic E-state index is -0.177. The monoisotopic (exact) mass is 321 g/mol. The highest BCUT2D eigenvalue weighted by atomic mass is 16.5. The number of fused-ring (bicyclic) bond motifs is 3. The molecule has 0 aromatic heterocycles. The summed E-state index contributed by atoms with van der Waals surface area (Å²) in [4.78, 5) is 17.7. The van der Waals surface area contributed by atoms with Crippen molar-refractivity contribution < 1.29 is 9.53 Å². The lowest BCUT2D eigenvalue weighted by atomic mass is 9.86. The van der Waals surface area contributed by atoms with Gasteiger partial charge in [0.05, 0.1) is 11.5 Å². The lowest BCUT2D eigenvalue weighted by Crippen LogP contribution is -2.36. The topological polar surface area (TPSA) is 32.8 Å². The summed E-state index contributed by atoms with van der Waals surface area (Å²) in [6.07, 6.45) is 7.67. The predicted molar refractivity (Wildman–Crippen MR) is 93.6 cm³/mol. The van der Waals surface area contributed by atoms with E-state index in [4.69, 9.17) is 4.74 Å². The maximum atomic E-state index is 12.9. The highest BCUT2D eigenvalue weighted by Gasteiger charge is 2.40. The number of hydrogen-bond donors (Lipinski definition) is 0. The van der Waals surface area contributed by atoms with Crippen LogP contribution in [0.3, 0.4) is 0 Å². The number of Topliss-reactive ketones (excluding diaryl/α,β-unsaturated/α-hetero) is 1. The molecule has 3 heterocycles. The van der Waals surface area contributed by atoms with E-state index >= 15 is 0 Å². The van der Waals surface area contributed by atoms with Gasteiger partial charge in [-0.15, -0.1) is 0 Å². The Balaban J connectivity index is 1.43. The van der Waals surface area contributed by atoms with E-state index in [1.807, 2.05) is 36.4 Å². The molecule has 24 heavy (non-hydrogen) atoms. The van der Waals surface area contributed by atoms with E-state index in [0.717, 1.165) is 41.9 Å². The summed E-state index contributed by atoms with van der Waals surface area (Å²) in [5, 5.41) is 0. The van der Waals surface area contributed by atoms with Gasteiger partial charge in [0.1, 0.15) is 11.9 Å². The number of ether oxygens (including phenoxy) is 1. The summed E-state index contributed by atoms with van der Waals surface area (Å²) < 4.78 is 6.03. The summed E-state index contributed by atoms with van der Waals surface area (Å²) in [5.74, 6) is 2.25. The van der Waals surface area contributed by atoms with Crippen LogP contribution in [0.15, 0.2) is 42.5 Å². The fourth-order valence-electron chi connectivity index (χ4n) is 4.71. The zero-order valence-electron chi connectivity index (χ0n) is 13.9. The number of allylic oxidation sites excluding steroid dienone is 2. The van der Waals surface area contributed by atoms with E-state index < -0.39 is 0 Å². The standard InChI is InChI=1S/C20H22N2O2/c1-21-9-13-11-22(12-14(13)10-21)15-6-7-19-17(8-15)20(23)16-4-2-3-5-18(16)24-19/h2-8,13-14,16,18H,9-12H2,1H3/t13-,14+,16?,18?/i1-1. The first kappa shape index (κ1) is 14.3. The molecule has 0 saturated carbocycles. The van der Waals surface area contributed by atoms with E-state index in [2.05, 4.69) is 22.9 Å². The van der Waals surface area contributed by atoms with Gasteiger partial charge in [0, 0.05) is 31.9 Å². The number of ketones is 1. The molecule has 0 spiro atoms. The Bertz CT molecular complexity index is 740. The molecule has 1 aromatic carbocycles. The van der Waals surface area contributed by atoms with Gasteiger partial charge in [-0.3, -0.25) is 4.79 Å². The largest absolute Gasteiger partial charge is 0.484 e. The highest BCUT2D eigenvalue weighted by molar-refractivity contribution is 6.03. The summed E-state index contributed by atoms with van der Waals surface area (Å²) in [7, 11) is 2.21. The first-order chi connectivity index (χ1) is 11.7. The second kappa shape index (κ2) is 5.21. The van der Waals surface area contributed by atoms with Gasteiger partial charge in [0.15, 0.2) is 5.78 Å². The van der Waals surface area contributed by atoms with Gasteiger partial charge >= 0.3 is 0 Å². The molecule has 3 aliphatic heterocycles. The van der Waals surface area contributed by atoms with Crippen LogP contribution in [0.25, 0.3) is 0 Å². The Kier molecular flexibility index (Phi) is 3.10. The van der Waals surface area contributed by atoms with E-state index in [0.29, 0.717) is 0 Å². The van der Waals surface area contributed by atoms with Crippen molar-refractivity contribution in [1.82, 2.24) is 4.90 Å². The fourth-order valence-corrected chi connectivity index (χ4v) is 4.71. The smallest absolute Gasteiger partial charge is 0.177 e.